The van der Waals surface area contributed by atoms with Crippen molar-refractivity contribution in [3.05, 3.63) is 24.0 Å². The Bertz CT molecular complexity index is 612. The maximum absolute atomic E-state index is 4.66. The molecule has 118 valence electrons. The highest BCUT2D eigenvalue weighted by Gasteiger charge is 2.28. The molecule has 2 unspecified atom stereocenters. The summed E-state index contributed by atoms with van der Waals surface area (Å²) in [7, 11) is 5.90. The standard InChI is InChI=1S/C14H22N8/c1-9-8-15-10(2)13-16-11(18-22(9)13)6-7-12-17-14(20(3)4)19-21(12)5/h6-8,11-12,18H,1-5H3,(H,17,19)/b7-6+. The molecule has 2 N–H and O–H groups in total. The molecule has 0 saturated carbocycles. The summed E-state index contributed by atoms with van der Waals surface area (Å²) in [4.78, 5) is 15.5. The number of fused-ring (bicyclic) bond motifs is 1. The second-order valence-electron chi connectivity index (χ2n) is 5.72. The highest BCUT2D eigenvalue weighted by atomic mass is 15.6. The zero-order valence-corrected chi connectivity index (χ0v) is 13.6. The van der Waals surface area contributed by atoms with E-state index in [1.54, 1.807) is 0 Å². The van der Waals surface area contributed by atoms with Gasteiger partial charge in [-0.15, -0.1) is 0 Å². The Balaban J connectivity index is 1.71. The molecule has 8 nitrogen and oxygen atoms in total. The molecular weight excluding hydrogens is 280 g/mol. The summed E-state index contributed by atoms with van der Waals surface area (Å²) in [6.07, 6.45) is 5.76. The monoisotopic (exact) mass is 302 g/mol. The fourth-order valence-electron chi connectivity index (χ4n) is 2.38. The van der Waals surface area contributed by atoms with Gasteiger partial charge in [0.05, 0.1) is 11.4 Å². The van der Waals surface area contributed by atoms with E-state index in [4.69, 9.17) is 0 Å². The molecule has 0 saturated heterocycles. The van der Waals surface area contributed by atoms with E-state index in [1.165, 1.54) is 0 Å². The molecule has 0 aromatic carbocycles. The second-order valence-corrected chi connectivity index (χ2v) is 5.72. The number of hydrogen-bond donors (Lipinski definition) is 2. The predicted molar refractivity (Wildman–Crippen MR) is 88.0 cm³/mol. The van der Waals surface area contributed by atoms with Crippen molar-refractivity contribution in [1.82, 2.24) is 25.8 Å². The van der Waals surface area contributed by atoms with E-state index >= 15 is 0 Å². The molecule has 0 bridgehead atoms. The summed E-state index contributed by atoms with van der Waals surface area (Å²) in [5, 5.41) is 3.93. The molecule has 0 aromatic rings. The van der Waals surface area contributed by atoms with Crippen LogP contribution in [0.15, 0.2) is 39.0 Å². The number of nitrogens with one attached hydrogen (secondary N) is 2. The van der Waals surface area contributed by atoms with E-state index in [9.17, 15) is 0 Å². The van der Waals surface area contributed by atoms with Gasteiger partial charge in [-0.1, -0.05) is 0 Å². The summed E-state index contributed by atoms with van der Waals surface area (Å²) in [6.45, 7) is 3.97. The van der Waals surface area contributed by atoms with Crippen molar-refractivity contribution in [3.63, 3.8) is 0 Å². The van der Waals surface area contributed by atoms with E-state index < -0.39 is 0 Å². The third kappa shape index (κ3) is 2.62. The first-order valence-electron chi connectivity index (χ1n) is 7.24. The zero-order chi connectivity index (χ0) is 15.9. The van der Waals surface area contributed by atoms with Gasteiger partial charge in [-0.3, -0.25) is 15.4 Å². The normalized spacial score (nSPS) is 28.1. The van der Waals surface area contributed by atoms with Gasteiger partial charge in [0.1, 0.15) is 12.3 Å². The van der Waals surface area contributed by atoms with Gasteiger partial charge in [0.25, 0.3) is 0 Å². The van der Waals surface area contributed by atoms with E-state index in [-0.39, 0.29) is 12.3 Å². The van der Waals surface area contributed by atoms with Gasteiger partial charge < -0.3 is 4.90 Å². The minimum Gasteiger partial charge on any atom is -0.348 e. The first-order valence-corrected chi connectivity index (χ1v) is 7.24. The predicted octanol–water partition coefficient (Wildman–Crippen LogP) is 0.117. The van der Waals surface area contributed by atoms with Crippen LogP contribution in [0.1, 0.15) is 13.8 Å². The Kier molecular flexibility index (Phi) is 3.71. The molecule has 0 aromatic heterocycles. The summed E-state index contributed by atoms with van der Waals surface area (Å²) in [5.74, 6) is 1.73. The molecule has 8 heteroatoms. The highest BCUT2D eigenvalue weighted by molar-refractivity contribution is 6.41. The van der Waals surface area contributed by atoms with Gasteiger partial charge in [-0.25, -0.2) is 15.4 Å². The summed E-state index contributed by atoms with van der Waals surface area (Å²) in [5.41, 5.74) is 8.50. The smallest absolute Gasteiger partial charge is 0.210 e. The molecule has 0 spiro atoms. The lowest BCUT2D eigenvalue weighted by Gasteiger charge is -2.23. The third-order valence-corrected chi connectivity index (χ3v) is 3.67. The maximum Gasteiger partial charge on any atom is 0.210 e. The van der Waals surface area contributed by atoms with Crippen LogP contribution in [0.25, 0.3) is 0 Å². The van der Waals surface area contributed by atoms with Crippen molar-refractivity contribution in [3.8, 4) is 0 Å². The van der Waals surface area contributed by atoms with Crippen LogP contribution >= 0.6 is 0 Å². The Morgan fingerprint density at radius 1 is 1.23 bits per heavy atom. The molecule has 0 fully saturated rings. The van der Waals surface area contributed by atoms with E-state index in [0.717, 1.165) is 23.2 Å². The number of guanidine groups is 1. The number of nitrogens with zero attached hydrogens (tertiary/aromatic N) is 6. The van der Waals surface area contributed by atoms with Gasteiger partial charge in [0.15, 0.2) is 5.84 Å². The molecule has 3 aliphatic rings. The minimum atomic E-state index is -0.103. The summed E-state index contributed by atoms with van der Waals surface area (Å²) >= 11 is 0. The number of amidine groups is 1. The van der Waals surface area contributed by atoms with E-state index in [0.29, 0.717) is 0 Å². The van der Waals surface area contributed by atoms with Crippen LogP contribution in [0, 0.1) is 0 Å². The summed E-state index contributed by atoms with van der Waals surface area (Å²) in [6, 6.07) is 0. The van der Waals surface area contributed by atoms with Crippen LogP contribution in [0.2, 0.25) is 0 Å². The molecule has 0 aliphatic carbocycles. The molecule has 2 atom stereocenters. The molecular formula is C14H22N8. The molecule has 3 aliphatic heterocycles. The fraction of sp³-hybridized carbons (Fsp3) is 0.500. The Labute approximate surface area is 130 Å². The van der Waals surface area contributed by atoms with Crippen molar-refractivity contribution in [2.75, 3.05) is 21.1 Å². The van der Waals surface area contributed by atoms with Crippen LogP contribution in [0.4, 0.5) is 0 Å². The van der Waals surface area contributed by atoms with Crippen molar-refractivity contribution < 1.29 is 0 Å². The van der Waals surface area contributed by atoms with Crippen molar-refractivity contribution in [1.29, 1.82) is 0 Å². The fourth-order valence-corrected chi connectivity index (χ4v) is 2.38. The average Bonchev–Trinajstić information content (AvgIpc) is 3.05. The number of likely N-dealkylation sites (N-methyl/N-ethyl adjacent to an activating group) is 1. The SMILES string of the molecule is CC1=CN=C(C)C2=NC(/C=C/C3N=C(N(C)C)NN3C)NN12. The lowest BCUT2D eigenvalue weighted by Crippen LogP contribution is -2.42. The second kappa shape index (κ2) is 5.54. The lowest BCUT2D eigenvalue weighted by molar-refractivity contribution is 0.270. The number of hydrogen-bond acceptors (Lipinski definition) is 8. The number of allylic oxidation sites excluding steroid dienone is 1. The van der Waals surface area contributed by atoms with Crippen LogP contribution in [0.3, 0.4) is 0 Å². The quantitative estimate of drug-likeness (QED) is 0.709. The van der Waals surface area contributed by atoms with Crippen molar-refractivity contribution in [2.24, 2.45) is 15.0 Å². The Morgan fingerprint density at radius 2 is 2.00 bits per heavy atom. The topological polar surface area (TPSA) is 70.9 Å². The van der Waals surface area contributed by atoms with Gasteiger partial charge in [-0.2, -0.15) is 5.01 Å². The average molecular weight is 302 g/mol. The van der Waals surface area contributed by atoms with Gasteiger partial charge in [-0.05, 0) is 26.0 Å². The van der Waals surface area contributed by atoms with E-state index in [1.807, 2.05) is 68.3 Å². The zero-order valence-electron chi connectivity index (χ0n) is 13.6. The molecule has 22 heavy (non-hydrogen) atoms. The highest BCUT2D eigenvalue weighted by Crippen LogP contribution is 2.17. The maximum atomic E-state index is 4.66. The molecule has 0 amide bonds. The van der Waals surface area contributed by atoms with Crippen LogP contribution in [0.5, 0.6) is 0 Å². The van der Waals surface area contributed by atoms with Gasteiger partial charge in [0.2, 0.25) is 5.96 Å². The Hall–Kier alpha value is -2.19. The van der Waals surface area contributed by atoms with Gasteiger partial charge in [0, 0.05) is 27.3 Å². The lowest BCUT2D eigenvalue weighted by atomic mass is 10.3. The largest absolute Gasteiger partial charge is 0.348 e. The first-order chi connectivity index (χ1) is 10.5. The number of rotatable bonds is 2. The van der Waals surface area contributed by atoms with Gasteiger partial charge >= 0.3 is 0 Å². The Morgan fingerprint density at radius 3 is 2.64 bits per heavy atom. The van der Waals surface area contributed by atoms with Crippen molar-refractivity contribution in [2.45, 2.75) is 26.2 Å². The van der Waals surface area contributed by atoms with E-state index in [2.05, 4.69) is 25.8 Å². The van der Waals surface area contributed by atoms with Crippen molar-refractivity contribution >= 4 is 17.5 Å². The first kappa shape index (κ1) is 14.7. The van der Waals surface area contributed by atoms with Crippen LogP contribution in [-0.4, -0.2) is 65.9 Å². The molecule has 3 rings (SSSR count). The molecule has 0 radical (unpaired) electrons. The number of aliphatic imine (C=N–C) groups is 3. The third-order valence-electron chi connectivity index (χ3n) is 3.67. The minimum absolute atomic E-state index is 0.0385. The summed E-state index contributed by atoms with van der Waals surface area (Å²) < 4.78 is 0. The number of hydrazine groups is 2. The van der Waals surface area contributed by atoms with Crippen LogP contribution in [-0.2, 0) is 0 Å². The van der Waals surface area contributed by atoms with Crippen LogP contribution < -0.4 is 10.9 Å². The molecule has 3 heterocycles.